The molecule has 0 saturated heterocycles. The molecule has 2 aromatic carbocycles. The topological polar surface area (TPSA) is 105 Å². The Kier molecular flexibility index (Phi) is 7.06. The summed E-state index contributed by atoms with van der Waals surface area (Å²) in [6.07, 6.45) is 8.43. The lowest BCUT2D eigenvalue weighted by Gasteiger charge is -2.15. The molecular formula is C32H27FN6O4. The van der Waals surface area contributed by atoms with Crippen molar-refractivity contribution in [3.05, 3.63) is 130 Å². The van der Waals surface area contributed by atoms with Crippen molar-refractivity contribution < 1.29 is 13.9 Å². The van der Waals surface area contributed by atoms with Gasteiger partial charge >= 0.3 is 5.69 Å². The lowest BCUT2D eigenvalue weighted by atomic mass is 10.0. The van der Waals surface area contributed by atoms with E-state index in [-0.39, 0.29) is 23.7 Å². The fraction of sp³-hybridized carbons (Fsp3) is 0.156. The van der Waals surface area contributed by atoms with Gasteiger partial charge in [0.2, 0.25) is 0 Å². The third kappa shape index (κ3) is 5.40. The van der Waals surface area contributed by atoms with Gasteiger partial charge in [-0.1, -0.05) is 12.1 Å². The molecule has 0 unspecified atom stereocenters. The molecule has 0 radical (unpaired) electrons. The second kappa shape index (κ2) is 11.0. The van der Waals surface area contributed by atoms with E-state index in [0.29, 0.717) is 17.1 Å². The molecule has 0 fully saturated rings. The molecular weight excluding hydrogens is 551 g/mol. The van der Waals surface area contributed by atoms with Crippen molar-refractivity contribution in [2.45, 2.75) is 26.3 Å². The summed E-state index contributed by atoms with van der Waals surface area (Å²) >= 11 is 0. The zero-order valence-electron chi connectivity index (χ0n) is 23.6. The summed E-state index contributed by atoms with van der Waals surface area (Å²) in [6.45, 7) is 3.55. The number of nitrogens with zero attached hydrogens (tertiary/aromatic N) is 6. The van der Waals surface area contributed by atoms with E-state index in [9.17, 15) is 18.8 Å². The van der Waals surface area contributed by atoms with Gasteiger partial charge in [0.05, 0.1) is 23.9 Å². The first-order valence-corrected chi connectivity index (χ1v) is 13.6. The Balaban J connectivity index is 1.27. The number of halogens is 1. The van der Waals surface area contributed by atoms with E-state index < -0.39 is 22.8 Å². The van der Waals surface area contributed by atoms with Crippen molar-refractivity contribution >= 4 is 11.3 Å². The van der Waals surface area contributed by atoms with Crippen LogP contribution in [0.5, 0.6) is 11.5 Å². The predicted molar refractivity (Wildman–Crippen MR) is 159 cm³/mol. The van der Waals surface area contributed by atoms with Gasteiger partial charge < -0.3 is 9.30 Å². The quantitative estimate of drug-likeness (QED) is 0.236. The first-order valence-electron chi connectivity index (χ1n) is 13.6. The van der Waals surface area contributed by atoms with Gasteiger partial charge in [-0.25, -0.2) is 23.3 Å². The van der Waals surface area contributed by atoms with Crippen LogP contribution in [0, 0.1) is 5.82 Å². The number of imidazole rings is 1. The minimum atomic E-state index is -0.754. The Hall–Kier alpha value is -5.58. The molecule has 43 heavy (non-hydrogen) atoms. The zero-order valence-corrected chi connectivity index (χ0v) is 23.6. The van der Waals surface area contributed by atoms with E-state index in [4.69, 9.17) is 4.74 Å². The van der Waals surface area contributed by atoms with Crippen molar-refractivity contribution in [3.63, 3.8) is 0 Å². The van der Waals surface area contributed by atoms with Crippen molar-refractivity contribution in [3.8, 4) is 28.4 Å². The van der Waals surface area contributed by atoms with Crippen molar-refractivity contribution in [1.29, 1.82) is 0 Å². The molecule has 4 heterocycles. The largest absolute Gasteiger partial charge is 0.455 e. The van der Waals surface area contributed by atoms with Crippen molar-refractivity contribution in [2.24, 2.45) is 7.05 Å². The van der Waals surface area contributed by atoms with Crippen LogP contribution in [0.15, 0.2) is 101 Å². The molecule has 4 aromatic heterocycles. The highest BCUT2D eigenvalue weighted by Crippen LogP contribution is 2.31. The molecule has 0 amide bonds. The number of ether oxygens (including phenoxy) is 1. The molecule has 6 rings (SSSR count). The Morgan fingerprint density at radius 2 is 1.72 bits per heavy atom. The molecule has 0 N–H and O–H groups in total. The first-order chi connectivity index (χ1) is 20.7. The molecule has 6 aromatic rings. The van der Waals surface area contributed by atoms with E-state index in [1.54, 1.807) is 55.2 Å². The fourth-order valence-corrected chi connectivity index (χ4v) is 4.81. The number of carbonyl (C=O) groups excluding carboxylic acids is 1. The van der Waals surface area contributed by atoms with Gasteiger partial charge in [-0.15, -0.1) is 0 Å². The number of fused-ring (bicyclic) bond motifs is 1. The van der Waals surface area contributed by atoms with E-state index in [1.165, 1.54) is 22.9 Å². The smallest absolute Gasteiger partial charge is 0.335 e. The highest BCUT2D eigenvalue weighted by Gasteiger charge is 2.20. The molecule has 0 saturated carbocycles. The number of benzene rings is 2. The summed E-state index contributed by atoms with van der Waals surface area (Å²) in [6, 6.07) is 15.4. The maximum Gasteiger partial charge on any atom is 0.335 e. The minimum Gasteiger partial charge on any atom is -0.455 e. The first kappa shape index (κ1) is 27.6. The lowest BCUT2D eigenvalue weighted by molar-refractivity contribution is 0.0990. The van der Waals surface area contributed by atoms with Gasteiger partial charge in [0.25, 0.3) is 5.56 Å². The molecule has 0 atom stereocenters. The molecule has 0 aliphatic rings. The standard InChI is InChI=1S/C32H27FN6O4/c1-20(2)37-17-26(31(41)39(32(37)42)24-8-6-23(33)7-9-24)29(40)14-21-4-10-25(11-5-21)43-30-15-22(27-18-36(3)19-34-27)16-38-28(30)12-13-35-38/h4-13,15-20H,14H2,1-3H3. The highest BCUT2D eigenvalue weighted by atomic mass is 19.1. The third-order valence-corrected chi connectivity index (χ3v) is 7.04. The van der Waals surface area contributed by atoms with Crippen molar-refractivity contribution in [2.75, 3.05) is 0 Å². The minimum absolute atomic E-state index is 0.0722. The van der Waals surface area contributed by atoms with Crippen LogP contribution in [-0.4, -0.2) is 34.1 Å². The van der Waals surface area contributed by atoms with Gasteiger partial charge in [0.15, 0.2) is 11.5 Å². The number of rotatable bonds is 8. The Labute approximate surface area is 244 Å². The fourth-order valence-electron chi connectivity index (χ4n) is 4.81. The van der Waals surface area contributed by atoms with Crippen LogP contribution in [0.3, 0.4) is 0 Å². The lowest BCUT2D eigenvalue weighted by Crippen LogP contribution is -2.42. The number of aromatic nitrogens is 6. The molecule has 11 heteroatoms. The molecule has 0 aliphatic heterocycles. The van der Waals surface area contributed by atoms with E-state index in [1.807, 2.05) is 36.1 Å². The highest BCUT2D eigenvalue weighted by molar-refractivity contribution is 5.97. The molecule has 0 spiro atoms. The summed E-state index contributed by atoms with van der Waals surface area (Å²) in [5, 5.41) is 4.35. The predicted octanol–water partition coefficient (Wildman–Crippen LogP) is 4.99. The van der Waals surface area contributed by atoms with Crippen LogP contribution in [0.1, 0.15) is 35.8 Å². The van der Waals surface area contributed by atoms with Crippen LogP contribution < -0.4 is 16.0 Å². The van der Waals surface area contributed by atoms with E-state index in [2.05, 4.69) is 10.1 Å². The number of pyridine rings is 1. The van der Waals surface area contributed by atoms with E-state index >= 15 is 0 Å². The van der Waals surface area contributed by atoms with Crippen LogP contribution in [-0.2, 0) is 13.5 Å². The Morgan fingerprint density at radius 3 is 2.40 bits per heavy atom. The number of ketones is 1. The normalized spacial score (nSPS) is 11.4. The van der Waals surface area contributed by atoms with Gasteiger partial charge in [0, 0.05) is 43.7 Å². The number of hydrogen-bond acceptors (Lipinski definition) is 6. The number of aryl methyl sites for hydroxylation is 1. The van der Waals surface area contributed by atoms with Crippen molar-refractivity contribution in [1.82, 2.24) is 28.3 Å². The van der Waals surface area contributed by atoms with Crippen LogP contribution in [0.4, 0.5) is 4.39 Å². The monoisotopic (exact) mass is 578 g/mol. The molecule has 216 valence electrons. The molecule has 0 aliphatic carbocycles. The van der Waals surface area contributed by atoms with Gasteiger partial charge in [-0.2, -0.15) is 5.10 Å². The third-order valence-electron chi connectivity index (χ3n) is 7.04. The maximum absolute atomic E-state index is 13.5. The maximum atomic E-state index is 13.5. The average molecular weight is 579 g/mol. The zero-order chi connectivity index (χ0) is 30.2. The van der Waals surface area contributed by atoms with Crippen LogP contribution >= 0.6 is 0 Å². The number of carbonyl (C=O) groups is 1. The summed E-state index contributed by atoms with van der Waals surface area (Å²) in [4.78, 5) is 44.3. The van der Waals surface area contributed by atoms with Crippen LogP contribution in [0.2, 0.25) is 0 Å². The number of Topliss-reactive ketones (excluding diaryl/α,β-unsaturated/α-hetero) is 1. The van der Waals surface area contributed by atoms with E-state index in [0.717, 1.165) is 33.5 Å². The molecule has 0 bridgehead atoms. The second-order valence-electron chi connectivity index (χ2n) is 10.5. The summed E-state index contributed by atoms with van der Waals surface area (Å²) in [5.74, 6) is 0.176. The Bertz CT molecular complexity index is 2090. The summed E-state index contributed by atoms with van der Waals surface area (Å²) in [7, 11) is 1.90. The number of hydrogen-bond donors (Lipinski definition) is 0. The van der Waals surface area contributed by atoms with Gasteiger partial charge in [-0.3, -0.25) is 14.2 Å². The molecule has 10 nitrogen and oxygen atoms in total. The average Bonchev–Trinajstić information content (AvgIpc) is 3.64. The summed E-state index contributed by atoms with van der Waals surface area (Å²) in [5.41, 5.74) is 1.73. The van der Waals surface area contributed by atoms with Crippen LogP contribution in [0.25, 0.3) is 22.5 Å². The second-order valence-corrected chi connectivity index (χ2v) is 10.5. The van der Waals surface area contributed by atoms with Gasteiger partial charge in [0.1, 0.15) is 22.6 Å². The van der Waals surface area contributed by atoms with Gasteiger partial charge in [-0.05, 0) is 67.9 Å². The Morgan fingerprint density at radius 1 is 0.977 bits per heavy atom. The SMILES string of the molecule is CC(C)n1cc(C(=O)Cc2ccc(Oc3cc(-c4cn(C)cn4)cn4nccc34)cc2)c(=O)n(-c2ccc(F)cc2)c1=O. The summed E-state index contributed by atoms with van der Waals surface area (Å²) < 4.78 is 25.5.